The van der Waals surface area contributed by atoms with E-state index in [0.29, 0.717) is 11.4 Å². The van der Waals surface area contributed by atoms with Crippen molar-refractivity contribution in [3.63, 3.8) is 0 Å². The molecule has 2 heterocycles. The molecule has 0 aromatic carbocycles. The smallest absolute Gasteiger partial charge is 0.263 e. The Bertz CT molecular complexity index is 517. The van der Waals surface area contributed by atoms with E-state index in [-0.39, 0.29) is 5.91 Å². The third-order valence-corrected chi connectivity index (χ3v) is 3.73. The predicted octanol–water partition coefficient (Wildman–Crippen LogP) is 2.93. The Hall–Kier alpha value is -1.62. The summed E-state index contributed by atoms with van der Waals surface area (Å²) in [6.07, 6.45) is 3.57. The number of amides is 1. The number of nitrogens with one attached hydrogen (secondary N) is 1. The first-order valence-electron chi connectivity index (χ1n) is 5.97. The van der Waals surface area contributed by atoms with Gasteiger partial charge in [0.05, 0.1) is 23.5 Å². The molecular weight excluding hydrogens is 248 g/mol. The van der Waals surface area contributed by atoms with Gasteiger partial charge in [0, 0.05) is 0 Å². The van der Waals surface area contributed by atoms with Crippen LogP contribution in [0.25, 0.3) is 0 Å². The van der Waals surface area contributed by atoms with Gasteiger partial charge in [-0.25, -0.2) is 4.98 Å². The summed E-state index contributed by atoms with van der Waals surface area (Å²) in [5.41, 5.74) is 0.806. The van der Waals surface area contributed by atoms with Gasteiger partial charge >= 0.3 is 0 Å². The Morgan fingerprint density at radius 3 is 3.06 bits per heavy atom. The number of thiazole rings is 1. The quantitative estimate of drug-likeness (QED) is 0.903. The summed E-state index contributed by atoms with van der Waals surface area (Å²) in [6, 6.07) is 3.64. The normalized spacial score (nSPS) is 10.6. The fraction of sp³-hybridized carbons (Fsp3) is 0.385. The maximum absolute atomic E-state index is 12.0. The molecule has 1 amide bonds. The largest absolute Gasteiger partial charge is 0.467 e. The van der Waals surface area contributed by atoms with Gasteiger partial charge in [-0.15, -0.1) is 11.3 Å². The average molecular weight is 264 g/mol. The summed E-state index contributed by atoms with van der Waals surface area (Å²) in [5.74, 6) is 0.669. The topological polar surface area (TPSA) is 55.1 Å². The number of furan rings is 1. The van der Waals surface area contributed by atoms with Crippen LogP contribution in [0.1, 0.15) is 39.5 Å². The van der Waals surface area contributed by atoms with Crippen LogP contribution in [0, 0.1) is 6.92 Å². The fourth-order valence-corrected chi connectivity index (χ4v) is 2.73. The summed E-state index contributed by atoms with van der Waals surface area (Å²) >= 11 is 1.48. The maximum atomic E-state index is 12.0. The van der Waals surface area contributed by atoms with Crippen molar-refractivity contribution in [2.45, 2.75) is 33.2 Å². The zero-order valence-corrected chi connectivity index (χ0v) is 11.3. The molecule has 0 aliphatic heterocycles. The Morgan fingerprint density at radius 1 is 1.56 bits per heavy atom. The van der Waals surface area contributed by atoms with Crippen LogP contribution in [0.2, 0.25) is 0 Å². The molecule has 18 heavy (non-hydrogen) atoms. The Kier molecular flexibility index (Phi) is 4.15. The van der Waals surface area contributed by atoms with Gasteiger partial charge in [-0.05, 0) is 31.9 Å². The predicted molar refractivity (Wildman–Crippen MR) is 70.7 cm³/mol. The summed E-state index contributed by atoms with van der Waals surface area (Å²) in [6.45, 7) is 4.39. The summed E-state index contributed by atoms with van der Waals surface area (Å²) in [4.78, 5) is 17.1. The van der Waals surface area contributed by atoms with E-state index in [1.54, 1.807) is 12.3 Å². The lowest BCUT2D eigenvalue weighted by Crippen LogP contribution is -2.22. The highest BCUT2D eigenvalue weighted by Crippen LogP contribution is 2.19. The van der Waals surface area contributed by atoms with E-state index in [1.165, 1.54) is 11.3 Å². The van der Waals surface area contributed by atoms with Crippen molar-refractivity contribution in [2.75, 3.05) is 0 Å². The molecule has 2 aromatic rings. The number of rotatable bonds is 5. The van der Waals surface area contributed by atoms with Gasteiger partial charge in [-0.3, -0.25) is 4.79 Å². The van der Waals surface area contributed by atoms with Gasteiger partial charge in [-0.2, -0.15) is 0 Å². The first-order chi connectivity index (χ1) is 8.70. The molecule has 0 fully saturated rings. The van der Waals surface area contributed by atoms with Crippen molar-refractivity contribution in [3.8, 4) is 0 Å². The summed E-state index contributed by atoms with van der Waals surface area (Å²) in [5, 5.41) is 3.86. The van der Waals surface area contributed by atoms with Crippen LogP contribution in [0.3, 0.4) is 0 Å². The van der Waals surface area contributed by atoms with Crippen LogP contribution in [-0.2, 0) is 13.0 Å². The third-order valence-electron chi connectivity index (χ3n) is 2.51. The number of hydrogen-bond donors (Lipinski definition) is 1. The van der Waals surface area contributed by atoms with Gasteiger partial charge < -0.3 is 9.73 Å². The molecule has 0 saturated heterocycles. The molecule has 0 bridgehead atoms. The van der Waals surface area contributed by atoms with Crippen molar-refractivity contribution in [2.24, 2.45) is 0 Å². The van der Waals surface area contributed by atoms with Gasteiger partial charge in [0.2, 0.25) is 0 Å². The van der Waals surface area contributed by atoms with Gasteiger partial charge in [0.1, 0.15) is 10.6 Å². The lowest BCUT2D eigenvalue weighted by molar-refractivity contribution is 0.0951. The third kappa shape index (κ3) is 2.98. The van der Waals surface area contributed by atoms with E-state index in [4.69, 9.17) is 4.42 Å². The molecule has 5 heteroatoms. The molecule has 2 aromatic heterocycles. The van der Waals surface area contributed by atoms with Gasteiger partial charge in [-0.1, -0.05) is 6.92 Å². The second-order valence-electron chi connectivity index (χ2n) is 4.03. The second-order valence-corrected chi connectivity index (χ2v) is 5.12. The molecule has 1 N–H and O–H groups in total. The Labute approximate surface area is 110 Å². The van der Waals surface area contributed by atoms with Crippen molar-refractivity contribution in [1.82, 2.24) is 10.3 Å². The highest BCUT2D eigenvalue weighted by Gasteiger charge is 2.14. The maximum Gasteiger partial charge on any atom is 0.263 e. The highest BCUT2D eigenvalue weighted by molar-refractivity contribution is 7.13. The highest BCUT2D eigenvalue weighted by atomic mass is 32.1. The Morgan fingerprint density at radius 2 is 2.39 bits per heavy atom. The minimum Gasteiger partial charge on any atom is -0.467 e. The molecule has 2 rings (SSSR count). The van der Waals surface area contributed by atoms with Crippen LogP contribution in [0.15, 0.2) is 22.8 Å². The number of nitrogens with zero attached hydrogens (tertiary/aromatic N) is 1. The second kappa shape index (κ2) is 5.82. The van der Waals surface area contributed by atoms with Crippen molar-refractivity contribution >= 4 is 17.2 Å². The van der Waals surface area contributed by atoms with Crippen LogP contribution >= 0.6 is 11.3 Å². The average Bonchev–Trinajstić information content (AvgIpc) is 2.96. The number of carbonyl (C=O) groups excluding carboxylic acids is 1. The van der Waals surface area contributed by atoms with E-state index in [2.05, 4.69) is 17.2 Å². The monoisotopic (exact) mass is 264 g/mol. The zero-order valence-electron chi connectivity index (χ0n) is 10.5. The first-order valence-corrected chi connectivity index (χ1v) is 6.79. The standard InChI is InChI=1S/C13H16N2O2S/c1-3-5-11-15-9(2)12(18-11)13(16)14-8-10-6-4-7-17-10/h4,6-7H,3,5,8H2,1-2H3,(H,14,16). The van der Waals surface area contributed by atoms with E-state index >= 15 is 0 Å². The summed E-state index contributed by atoms with van der Waals surface area (Å²) < 4.78 is 5.17. The lowest BCUT2D eigenvalue weighted by atomic mass is 10.3. The number of carbonyl (C=O) groups is 1. The van der Waals surface area contributed by atoms with Gasteiger partial charge in [0.25, 0.3) is 5.91 Å². The van der Waals surface area contributed by atoms with Crippen LogP contribution in [-0.4, -0.2) is 10.9 Å². The molecule has 0 aliphatic carbocycles. The minimum atomic E-state index is -0.0799. The molecule has 96 valence electrons. The zero-order chi connectivity index (χ0) is 13.0. The van der Waals surface area contributed by atoms with Crippen LogP contribution in [0.4, 0.5) is 0 Å². The van der Waals surface area contributed by atoms with Crippen molar-refractivity contribution < 1.29 is 9.21 Å². The molecule has 4 nitrogen and oxygen atoms in total. The van der Waals surface area contributed by atoms with E-state index in [0.717, 1.165) is 29.3 Å². The molecule has 0 saturated carbocycles. The number of aryl methyl sites for hydroxylation is 2. The SMILES string of the molecule is CCCc1nc(C)c(C(=O)NCc2ccco2)s1. The molecule has 0 unspecified atom stereocenters. The van der Waals surface area contributed by atoms with Crippen molar-refractivity contribution in [3.05, 3.63) is 39.7 Å². The lowest BCUT2D eigenvalue weighted by Gasteiger charge is -2.01. The molecule has 0 atom stereocenters. The van der Waals surface area contributed by atoms with E-state index in [9.17, 15) is 4.79 Å². The van der Waals surface area contributed by atoms with E-state index in [1.807, 2.05) is 13.0 Å². The molecule has 0 spiro atoms. The van der Waals surface area contributed by atoms with E-state index < -0.39 is 0 Å². The van der Waals surface area contributed by atoms with Crippen LogP contribution < -0.4 is 5.32 Å². The Balaban J connectivity index is 2.00. The van der Waals surface area contributed by atoms with Crippen molar-refractivity contribution in [1.29, 1.82) is 0 Å². The van der Waals surface area contributed by atoms with Gasteiger partial charge in [0.15, 0.2) is 0 Å². The summed E-state index contributed by atoms with van der Waals surface area (Å²) in [7, 11) is 0. The fourth-order valence-electron chi connectivity index (χ4n) is 1.64. The molecular formula is C13H16N2O2S. The molecule has 0 aliphatic rings. The first kappa shape index (κ1) is 12.8. The number of hydrogen-bond acceptors (Lipinski definition) is 4. The molecule has 0 radical (unpaired) electrons. The number of aromatic nitrogens is 1. The van der Waals surface area contributed by atoms with Crippen LogP contribution in [0.5, 0.6) is 0 Å². The minimum absolute atomic E-state index is 0.0799.